The van der Waals surface area contributed by atoms with Crippen LogP contribution in [0.25, 0.3) is 0 Å². The number of carbonyl (C=O) groups excluding carboxylic acids is 1. The Morgan fingerprint density at radius 1 is 1.13 bits per heavy atom. The van der Waals surface area contributed by atoms with Crippen LogP contribution in [-0.2, 0) is 16.1 Å². The Kier molecular flexibility index (Phi) is 4.93. The molecule has 0 bridgehead atoms. The number of rotatable bonds is 5. The molecule has 1 amide bonds. The molecule has 4 nitrogen and oxygen atoms in total. The minimum atomic E-state index is -0.0594. The lowest BCUT2D eigenvalue weighted by Gasteiger charge is -2.32. The average Bonchev–Trinajstić information content (AvgIpc) is 2.62. The predicted molar refractivity (Wildman–Crippen MR) is 88.2 cm³/mol. The number of nitrogens with zero attached hydrogens (tertiary/aromatic N) is 1. The molecule has 1 atom stereocenters. The molecule has 3 rings (SSSR count). The number of likely N-dealkylation sites (N-methyl/N-ethyl adjacent to an activating group) is 1. The predicted octanol–water partition coefficient (Wildman–Crippen LogP) is 3.19. The van der Waals surface area contributed by atoms with Gasteiger partial charge in [0.15, 0.2) is 0 Å². The summed E-state index contributed by atoms with van der Waals surface area (Å²) in [5.74, 6) is 0.892. The third-order valence-corrected chi connectivity index (χ3v) is 4.03. The largest absolute Gasteiger partial charge is 0.489 e. The van der Waals surface area contributed by atoms with E-state index in [1.165, 1.54) is 0 Å². The standard InChI is InChI=1S/C19H21NO3/c1-2-20-12-18(23-14-19(20)21)16-8-10-17(11-9-16)22-13-15-6-4-3-5-7-15/h3-11,18H,2,12-14H2,1H3/t18-/m1/s1. The van der Waals surface area contributed by atoms with Crippen molar-refractivity contribution in [1.82, 2.24) is 4.90 Å². The number of ether oxygens (including phenoxy) is 2. The van der Waals surface area contributed by atoms with Crippen molar-refractivity contribution in [3.8, 4) is 5.75 Å². The quantitative estimate of drug-likeness (QED) is 0.851. The lowest BCUT2D eigenvalue weighted by atomic mass is 10.1. The van der Waals surface area contributed by atoms with Crippen LogP contribution in [0, 0.1) is 0 Å². The molecule has 0 spiro atoms. The lowest BCUT2D eigenvalue weighted by molar-refractivity contribution is -0.148. The van der Waals surface area contributed by atoms with Crippen LogP contribution in [0.3, 0.4) is 0 Å². The van der Waals surface area contributed by atoms with Crippen LogP contribution < -0.4 is 4.74 Å². The van der Waals surface area contributed by atoms with Crippen LogP contribution in [0.4, 0.5) is 0 Å². The second-order valence-electron chi connectivity index (χ2n) is 5.58. The Hall–Kier alpha value is -2.33. The molecule has 120 valence electrons. The van der Waals surface area contributed by atoms with Gasteiger partial charge in [0, 0.05) is 6.54 Å². The summed E-state index contributed by atoms with van der Waals surface area (Å²) in [6, 6.07) is 18.0. The first-order valence-electron chi connectivity index (χ1n) is 7.92. The summed E-state index contributed by atoms with van der Waals surface area (Å²) in [7, 11) is 0. The van der Waals surface area contributed by atoms with Crippen molar-refractivity contribution < 1.29 is 14.3 Å². The maximum Gasteiger partial charge on any atom is 0.248 e. The summed E-state index contributed by atoms with van der Waals surface area (Å²) in [4.78, 5) is 13.5. The highest BCUT2D eigenvalue weighted by atomic mass is 16.5. The van der Waals surface area contributed by atoms with E-state index in [1.807, 2.05) is 66.4 Å². The van der Waals surface area contributed by atoms with Crippen LogP contribution in [0.2, 0.25) is 0 Å². The van der Waals surface area contributed by atoms with Gasteiger partial charge in [-0.15, -0.1) is 0 Å². The molecule has 0 N–H and O–H groups in total. The molecule has 1 saturated heterocycles. The van der Waals surface area contributed by atoms with Crippen molar-refractivity contribution >= 4 is 5.91 Å². The molecule has 4 heteroatoms. The van der Waals surface area contributed by atoms with E-state index in [2.05, 4.69) is 0 Å². The van der Waals surface area contributed by atoms with E-state index in [0.29, 0.717) is 13.2 Å². The number of hydrogen-bond donors (Lipinski definition) is 0. The molecular formula is C19H21NO3. The van der Waals surface area contributed by atoms with Crippen molar-refractivity contribution in [2.75, 3.05) is 19.7 Å². The number of morpholine rings is 1. The van der Waals surface area contributed by atoms with Crippen molar-refractivity contribution in [1.29, 1.82) is 0 Å². The normalized spacial score (nSPS) is 18.0. The molecule has 0 aliphatic carbocycles. The summed E-state index contributed by atoms with van der Waals surface area (Å²) in [5, 5.41) is 0. The fourth-order valence-electron chi connectivity index (χ4n) is 2.64. The highest BCUT2D eigenvalue weighted by molar-refractivity contribution is 5.78. The first kappa shape index (κ1) is 15.6. The highest BCUT2D eigenvalue weighted by Gasteiger charge is 2.26. The van der Waals surface area contributed by atoms with Gasteiger partial charge in [-0.1, -0.05) is 42.5 Å². The second kappa shape index (κ2) is 7.29. The lowest BCUT2D eigenvalue weighted by Crippen LogP contribution is -2.42. The molecule has 1 aliphatic heterocycles. The van der Waals surface area contributed by atoms with Crippen molar-refractivity contribution in [3.05, 3.63) is 65.7 Å². The average molecular weight is 311 g/mol. The molecule has 0 unspecified atom stereocenters. The Bertz CT molecular complexity index is 639. The van der Waals surface area contributed by atoms with Crippen LogP contribution in [0.5, 0.6) is 5.75 Å². The molecular weight excluding hydrogens is 290 g/mol. The van der Waals surface area contributed by atoms with Gasteiger partial charge in [0.1, 0.15) is 25.1 Å². The Labute approximate surface area is 136 Å². The fraction of sp³-hybridized carbons (Fsp3) is 0.316. The number of benzene rings is 2. The highest BCUT2D eigenvalue weighted by Crippen LogP contribution is 2.25. The number of carbonyl (C=O) groups is 1. The maximum atomic E-state index is 11.7. The summed E-state index contributed by atoms with van der Waals surface area (Å²) >= 11 is 0. The summed E-state index contributed by atoms with van der Waals surface area (Å²) in [6.07, 6.45) is -0.0594. The minimum absolute atomic E-state index is 0.0594. The van der Waals surface area contributed by atoms with Crippen LogP contribution in [0.15, 0.2) is 54.6 Å². The van der Waals surface area contributed by atoms with Gasteiger partial charge >= 0.3 is 0 Å². The topological polar surface area (TPSA) is 38.8 Å². The van der Waals surface area contributed by atoms with Crippen molar-refractivity contribution in [2.45, 2.75) is 19.6 Å². The molecule has 23 heavy (non-hydrogen) atoms. The van der Waals surface area contributed by atoms with E-state index in [0.717, 1.165) is 23.4 Å². The van der Waals surface area contributed by atoms with Gasteiger partial charge < -0.3 is 14.4 Å². The third-order valence-electron chi connectivity index (χ3n) is 4.03. The number of amides is 1. The molecule has 0 saturated carbocycles. The van der Waals surface area contributed by atoms with Crippen LogP contribution >= 0.6 is 0 Å². The van der Waals surface area contributed by atoms with Crippen LogP contribution in [-0.4, -0.2) is 30.5 Å². The van der Waals surface area contributed by atoms with E-state index in [1.54, 1.807) is 0 Å². The summed E-state index contributed by atoms with van der Waals surface area (Å²) in [5.41, 5.74) is 2.22. The summed E-state index contributed by atoms with van der Waals surface area (Å²) < 4.78 is 11.4. The minimum Gasteiger partial charge on any atom is -0.489 e. The molecule has 1 aliphatic rings. The van der Waals surface area contributed by atoms with Gasteiger partial charge in [0.2, 0.25) is 5.91 Å². The fourth-order valence-corrected chi connectivity index (χ4v) is 2.64. The SMILES string of the molecule is CCN1C[C@H](c2ccc(OCc3ccccc3)cc2)OCC1=O. The van der Waals surface area contributed by atoms with Gasteiger partial charge in [-0.2, -0.15) is 0 Å². The Balaban J connectivity index is 1.60. The van der Waals surface area contributed by atoms with E-state index >= 15 is 0 Å². The Morgan fingerprint density at radius 3 is 2.57 bits per heavy atom. The molecule has 2 aromatic rings. The van der Waals surface area contributed by atoms with E-state index < -0.39 is 0 Å². The monoisotopic (exact) mass is 311 g/mol. The van der Waals surface area contributed by atoms with E-state index in [4.69, 9.17) is 9.47 Å². The van der Waals surface area contributed by atoms with Gasteiger partial charge in [-0.25, -0.2) is 0 Å². The molecule has 1 heterocycles. The van der Waals surface area contributed by atoms with Gasteiger partial charge in [-0.05, 0) is 30.2 Å². The molecule has 1 fully saturated rings. The smallest absolute Gasteiger partial charge is 0.248 e. The van der Waals surface area contributed by atoms with E-state index in [9.17, 15) is 4.79 Å². The summed E-state index contributed by atoms with van der Waals surface area (Å²) in [6.45, 7) is 4.03. The Morgan fingerprint density at radius 2 is 1.87 bits per heavy atom. The molecule has 2 aromatic carbocycles. The van der Waals surface area contributed by atoms with Gasteiger partial charge in [0.25, 0.3) is 0 Å². The van der Waals surface area contributed by atoms with Crippen LogP contribution in [0.1, 0.15) is 24.2 Å². The maximum absolute atomic E-state index is 11.7. The number of hydrogen-bond acceptors (Lipinski definition) is 3. The van der Waals surface area contributed by atoms with E-state index in [-0.39, 0.29) is 18.6 Å². The zero-order valence-corrected chi connectivity index (χ0v) is 13.3. The first-order valence-corrected chi connectivity index (χ1v) is 7.92. The molecule has 0 aromatic heterocycles. The van der Waals surface area contributed by atoms with Crippen molar-refractivity contribution in [3.63, 3.8) is 0 Å². The van der Waals surface area contributed by atoms with Gasteiger partial charge in [0.05, 0.1) is 6.54 Å². The molecule has 0 radical (unpaired) electrons. The second-order valence-corrected chi connectivity index (χ2v) is 5.58. The van der Waals surface area contributed by atoms with Crippen molar-refractivity contribution in [2.24, 2.45) is 0 Å². The van der Waals surface area contributed by atoms with Gasteiger partial charge in [-0.3, -0.25) is 4.79 Å². The first-order chi connectivity index (χ1) is 11.3. The third kappa shape index (κ3) is 3.90. The zero-order chi connectivity index (χ0) is 16.1. The zero-order valence-electron chi connectivity index (χ0n) is 13.3.